The van der Waals surface area contributed by atoms with Gasteiger partial charge in [0.25, 0.3) is 0 Å². The number of rotatable bonds is 4. The summed E-state index contributed by atoms with van der Waals surface area (Å²) < 4.78 is 4.70. The van der Waals surface area contributed by atoms with Crippen LogP contribution in [0.2, 0.25) is 0 Å². The van der Waals surface area contributed by atoms with Gasteiger partial charge < -0.3 is 20.1 Å². The van der Waals surface area contributed by atoms with E-state index in [1.54, 1.807) is 41.5 Å². The summed E-state index contributed by atoms with van der Waals surface area (Å²) in [6.45, 7) is 13.8. The van der Waals surface area contributed by atoms with E-state index in [-0.39, 0.29) is 27.7 Å². The van der Waals surface area contributed by atoms with Crippen LogP contribution in [0.3, 0.4) is 0 Å². The van der Waals surface area contributed by atoms with Gasteiger partial charge in [-0.15, -0.1) is 18.3 Å². The number of carbonyl (C=O) groups is 1. The molecule has 1 radical (unpaired) electrons. The molecule has 0 spiro atoms. The summed E-state index contributed by atoms with van der Waals surface area (Å²) in [5.41, 5.74) is 0. The van der Waals surface area contributed by atoms with E-state index in [0.29, 0.717) is 6.61 Å². The Kier molecular flexibility index (Phi) is 44.5. The largest absolute Gasteiger partial charge is 3.00 e. The smallest absolute Gasteiger partial charge is 0.852 e. The average Bonchev–Trinajstić information content (AvgIpc) is 2.21. The number of hydrogen-bond donors (Lipinski definition) is 0. The van der Waals surface area contributed by atoms with Crippen LogP contribution >= 0.6 is 0 Å². The van der Waals surface area contributed by atoms with Gasteiger partial charge in [0.1, 0.15) is 0 Å². The van der Waals surface area contributed by atoms with Crippen molar-refractivity contribution in [2.24, 2.45) is 0 Å². The molecule has 0 aromatic heterocycles. The van der Waals surface area contributed by atoms with E-state index in [0.717, 1.165) is 12.8 Å². The van der Waals surface area contributed by atoms with Gasteiger partial charge in [-0.1, -0.05) is 61.3 Å². The zero-order valence-corrected chi connectivity index (χ0v) is 17.2. The minimum absolute atomic E-state index is 0. The van der Waals surface area contributed by atoms with Gasteiger partial charge in [-0.25, -0.2) is 0 Å². The van der Waals surface area contributed by atoms with Gasteiger partial charge in [0.05, 0.1) is 6.61 Å². The summed E-state index contributed by atoms with van der Waals surface area (Å²) in [6, 6.07) is 0. The minimum Gasteiger partial charge on any atom is -0.852 e. The molecular weight excluding hydrogens is 320 g/mol. The zero-order valence-electron chi connectivity index (χ0n) is 15.6. The Morgan fingerprint density at radius 1 is 0.864 bits per heavy atom. The Hall–Kier alpha value is 0.0643. The standard InChI is InChI=1S/C7H14O2.3C3H7O.Ti/c1-3-4-5-6-9-7(2)8;3*1-3(2)4;/h3-6H2,1-2H3;3*3H,1-2H3;/q;3*-1;+3. The van der Waals surface area contributed by atoms with E-state index in [1.165, 1.54) is 13.3 Å². The van der Waals surface area contributed by atoms with Crippen LogP contribution in [0.1, 0.15) is 74.7 Å². The molecule has 6 heteroatoms. The van der Waals surface area contributed by atoms with Gasteiger partial charge in [0, 0.05) is 6.92 Å². The molecule has 0 aliphatic rings. The molecule has 0 bridgehead atoms. The number of unbranched alkanes of at least 4 members (excludes halogenated alkanes) is 2. The zero-order chi connectivity index (χ0) is 17.8. The van der Waals surface area contributed by atoms with Crippen molar-refractivity contribution in [3.05, 3.63) is 0 Å². The van der Waals surface area contributed by atoms with Crippen molar-refractivity contribution in [1.29, 1.82) is 0 Å². The van der Waals surface area contributed by atoms with E-state index in [4.69, 9.17) is 4.74 Å². The van der Waals surface area contributed by atoms with Crippen molar-refractivity contribution in [3.63, 3.8) is 0 Å². The summed E-state index contributed by atoms with van der Waals surface area (Å²) >= 11 is 0. The fourth-order valence-electron chi connectivity index (χ4n) is 0.568. The molecule has 0 saturated carbocycles. The number of esters is 1. The van der Waals surface area contributed by atoms with Gasteiger partial charge in [-0.2, -0.15) is 0 Å². The quantitative estimate of drug-likeness (QED) is 0.426. The van der Waals surface area contributed by atoms with Crippen molar-refractivity contribution in [3.8, 4) is 0 Å². The van der Waals surface area contributed by atoms with E-state index in [2.05, 4.69) is 6.92 Å². The van der Waals surface area contributed by atoms with Crippen LogP contribution in [0.4, 0.5) is 0 Å². The molecule has 0 heterocycles. The predicted octanol–water partition coefficient (Wildman–Crippen LogP) is 1.00. The first-order valence-electron chi connectivity index (χ1n) is 7.58. The molecular formula is C16H35O5Ti. The molecule has 0 N–H and O–H groups in total. The van der Waals surface area contributed by atoms with Crippen LogP contribution in [0.25, 0.3) is 0 Å². The van der Waals surface area contributed by atoms with Gasteiger partial charge in [0.15, 0.2) is 0 Å². The second-order valence-electron chi connectivity index (χ2n) is 5.19. The summed E-state index contributed by atoms with van der Waals surface area (Å²) in [5.74, 6) is -0.175. The molecule has 0 atom stereocenters. The first-order chi connectivity index (χ1) is 9.47. The second-order valence-corrected chi connectivity index (χ2v) is 5.19. The van der Waals surface area contributed by atoms with Crippen molar-refractivity contribution < 1.29 is 46.6 Å². The Morgan fingerprint density at radius 2 is 1.14 bits per heavy atom. The van der Waals surface area contributed by atoms with E-state index < -0.39 is 18.3 Å². The summed E-state index contributed by atoms with van der Waals surface area (Å²) in [7, 11) is 0. The predicted molar refractivity (Wildman–Crippen MR) is 81.6 cm³/mol. The SMILES string of the molecule is CC(C)[O-].CC(C)[O-].CC(C)[O-].CCCCCOC(C)=O.[Ti+3]. The molecule has 0 amide bonds. The maximum absolute atomic E-state index is 10.2. The maximum Gasteiger partial charge on any atom is 3.00 e. The number of carbonyl (C=O) groups excluding carboxylic acids is 1. The molecule has 5 nitrogen and oxygen atoms in total. The third kappa shape index (κ3) is 198. The van der Waals surface area contributed by atoms with E-state index in [9.17, 15) is 20.1 Å². The molecule has 0 aliphatic carbocycles. The van der Waals surface area contributed by atoms with Gasteiger partial charge in [-0.3, -0.25) is 4.79 Å². The summed E-state index contributed by atoms with van der Waals surface area (Å²) in [6.07, 6.45) is 2.06. The van der Waals surface area contributed by atoms with Crippen LogP contribution in [-0.2, 0) is 31.2 Å². The van der Waals surface area contributed by atoms with Crippen LogP contribution < -0.4 is 15.3 Å². The molecule has 0 aliphatic heterocycles. The molecule has 0 aromatic carbocycles. The van der Waals surface area contributed by atoms with Gasteiger partial charge in [-0.05, 0) is 6.42 Å². The molecule has 0 fully saturated rings. The molecule has 0 unspecified atom stereocenters. The Labute approximate surface area is 152 Å². The molecule has 133 valence electrons. The number of hydrogen-bond acceptors (Lipinski definition) is 5. The number of ether oxygens (including phenoxy) is 1. The fraction of sp³-hybridized carbons (Fsp3) is 0.938. The molecule has 0 aromatic rings. The van der Waals surface area contributed by atoms with Crippen molar-refractivity contribution in [1.82, 2.24) is 0 Å². The normalized spacial score (nSPS) is 8.64. The molecule has 22 heavy (non-hydrogen) atoms. The van der Waals surface area contributed by atoms with Crippen molar-refractivity contribution >= 4 is 5.97 Å². The Morgan fingerprint density at radius 3 is 1.32 bits per heavy atom. The van der Waals surface area contributed by atoms with Gasteiger partial charge in [0.2, 0.25) is 0 Å². The fourth-order valence-corrected chi connectivity index (χ4v) is 0.568. The third-order valence-corrected chi connectivity index (χ3v) is 1.05. The molecule has 0 rings (SSSR count). The topological polar surface area (TPSA) is 95.5 Å². The average molecular weight is 355 g/mol. The minimum atomic E-state index is -0.417. The van der Waals surface area contributed by atoms with Crippen LogP contribution in [0.15, 0.2) is 0 Å². The van der Waals surface area contributed by atoms with Crippen LogP contribution in [0, 0.1) is 0 Å². The first kappa shape index (κ1) is 33.6. The van der Waals surface area contributed by atoms with Crippen LogP contribution in [-0.4, -0.2) is 30.9 Å². The summed E-state index contributed by atoms with van der Waals surface area (Å²) in [4.78, 5) is 10.2. The second kappa shape index (κ2) is 29.1. The van der Waals surface area contributed by atoms with E-state index >= 15 is 0 Å². The summed E-state index contributed by atoms with van der Waals surface area (Å²) in [5, 5.41) is 28.6. The molecule has 0 saturated heterocycles. The van der Waals surface area contributed by atoms with Crippen LogP contribution in [0.5, 0.6) is 0 Å². The van der Waals surface area contributed by atoms with Crippen molar-refractivity contribution in [2.45, 2.75) is 93.0 Å². The Bertz CT molecular complexity index is 163. The van der Waals surface area contributed by atoms with E-state index in [1.807, 2.05) is 0 Å². The maximum atomic E-state index is 10.2. The monoisotopic (exact) mass is 355 g/mol. The Balaban J connectivity index is -0.0000000632. The third-order valence-electron chi connectivity index (χ3n) is 1.05. The first-order valence-corrected chi connectivity index (χ1v) is 7.58. The van der Waals surface area contributed by atoms with Gasteiger partial charge >= 0.3 is 27.7 Å². The van der Waals surface area contributed by atoms with Crippen molar-refractivity contribution in [2.75, 3.05) is 6.61 Å².